The molecule has 0 radical (unpaired) electrons. The van der Waals surface area contributed by atoms with Gasteiger partial charge in [-0.25, -0.2) is 17.5 Å². The lowest BCUT2D eigenvalue weighted by Crippen LogP contribution is -2.67. The number of nitrogens with one attached hydrogen (secondary N) is 1. The van der Waals surface area contributed by atoms with Gasteiger partial charge in [-0.3, -0.25) is 9.59 Å². The minimum absolute atomic E-state index is 0.132. The van der Waals surface area contributed by atoms with E-state index in [0.29, 0.717) is 13.0 Å². The first kappa shape index (κ1) is 23.6. The lowest BCUT2D eigenvalue weighted by molar-refractivity contribution is -0.156. The number of hydrogen-bond acceptors (Lipinski definition) is 4. The Kier molecular flexibility index (Phi) is 6.52. The van der Waals surface area contributed by atoms with Crippen molar-refractivity contribution in [2.45, 2.75) is 36.1 Å². The van der Waals surface area contributed by atoms with E-state index >= 15 is 0 Å². The molecule has 1 fully saturated rings. The van der Waals surface area contributed by atoms with Crippen LogP contribution in [-0.2, 0) is 19.6 Å². The fraction of sp³-hybridized carbons (Fsp3) is 0.231. The summed E-state index contributed by atoms with van der Waals surface area (Å²) in [6, 6.07) is 23.7. The molecule has 0 aliphatic carbocycles. The van der Waals surface area contributed by atoms with Crippen molar-refractivity contribution in [3.8, 4) is 0 Å². The van der Waals surface area contributed by atoms with E-state index in [0.717, 1.165) is 23.3 Å². The topological polar surface area (TPSA) is 83.6 Å². The number of likely N-dealkylation sites (tertiary alicyclic amines) is 1. The zero-order valence-corrected chi connectivity index (χ0v) is 19.5. The fourth-order valence-electron chi connectivity index (χ4n) is 4.20. The maximum atomic E-state index is 13.5. The Balaban J connectivity index is 1.53. The molecule has 1 aliphatic heterocycles. The number of carbonyl (C=O) groups is 2. The Morgan fingerprint density at radius 3 is 2.06 bits per heavy atom. The predicted molar refractivity (Wildman–Crippen MR) is 126 cm³/mol. The molecule has 8 heteroatoms. The van der Waals surface area contributed by atoms with Crippen LogP contribution in [0.25, 0.3) is 0 Å². The van der Waals surface area contributed by atoms with Crippen LogP contribution in [0.1, 0.15) is 36.8 Å². The number of hydrogen-bond donors (Lipinski definition) is 1. The van der Waals surface area contributed by atoms with Crippen molar-refractivity contribution >= 4 is 21.8 Å². The molecular weight excluding hydrogens is 455 g/mol. The fourth-order valence-corrected chi connectivity index (χ4v) is 5.31. The average Bonchev–Trinajstić information content (AvgIpc) is 2.82. The Bertz CT molecular complexity index is 1260. The molecule has 1 unspecified atom stereocenters. The number of halogens is 1. The second-order valence-electron chi connectivity index (χ2n) is 8.54. The molecule has 1 heterocycles. The maximum Gasteiger partial charge on any atom is 0.264 e. The van der Waals surface area contributed by atoms with Crippen LogP contribution in [0.4, 0.5) is 4.39 Å². The number of carbonyl (C=O) groups excluding carboxylic acids is 2. The monoisotopic (exact) mass is 480 g/mol. The molecule has 2 amide bonds. The van der Waals surface area contributed by atoms with Crippen LogP contribution < -0.4 is 4.72 Å². The highest BCUT2D eigenvalue weighted by Gasteiger charge is 2.50. The third-order valence-corrected chi connectivity index (χ3v) is 7.65. The zero-order valence-electron chi connectivity index (χ0n) is 18.6. The summed E-state index contributed by atoms with van der Waals surface area (Å²) in [5.74, 6) is -1.99. The molecule has 0 saturated carbocycles. The summed E-state index contributed by atoms with van der Waals surface area (Å²) in [6.45, 7) is 1.89. The van der Waals surface area contributed by atoms with Crippen LogP contribution in [-0.4, -0.2) is 37.2 Å². The third kappa shape index (κ3) is 4.72. The standard InChI is InChI=1S/C26H25FN2O4S/c1-26(25(31)28-34(32,33)22-14-8-13-21(27)17-22)15-16-29(26)24(30)18-23(19-9-4-2-5-10-19)20-11-6-3-7-12-20/h2-14,17,23H,15-16,18H2,1H3,(H,28,31). The molecule has 34 heavy (non-hydrogen) atoms. The number of rotatable bonds is 7. The number of amides is 2. The van der Waals surface area contributed by atoms with Crippen LogP contribution in [0.15, 0.2) is 89.8 Å². The Morgan fingerprint density at radius 1 is 0.971 bits per heavy atom. The maximum absolute atomic E-state index is 13.5. The smallest absolute Gasteiger partial charge is 0.264 e. The second-order valence-corrected chi connectivity index (χ2v) is 10.2. The Morgan fingerprint density at radius 2 is 1.56 bits per heavy atom. The van der Waals surface area contributed by atoms with Crippen molar-refractivity contribution in [2.24, 2.45) is 0 Å². The van der Waals surface area contributed by atoms with Gasteiger partial charge in [-0.05, 0) is 42.7 Å². The van der Waals surface area contributed by atoms with Gasteiger partial charge in [0.05, 0.1) is 4.90 Å². The summed E-state index contributed by atoms with van der Waals surface area (Å²) < 4.78 is 40.7. The zero-order chi connectivity index (χ0) is 24.3. The summed E-state index contributed by atoms with van der Waals surface area (Å²) in [5, 5.41) is 0. The molecule has 0 spiro atoms. The van der Waals surface area contributed by atoms with Crippen LogP contribution in [0.3, 0.4) is 0 Å². The molecule has 4 rings (SSSR count). The van der Waals surface area contributed by atoms with Gasteiger partial charge in [0.25, 0.3) is 15.9 Å². The van der Waals surface area contributed by atoms with Crippen molar-refractivity contribution < 1.29 is 22.4 Å². The van der Waals surface area contributed by atoms with E-state index in [9.17, 15) is 22.4 Å². The first-order valence-corrected chi connectivity index (χ1v) is 12.4. The molecule has 1 atom stereocenters. The van der Waals surface area contributed by atoms with Gasteiger partial charge in [0, 0.05) is 18.9 Å². The molecule has 0 aromatic heterocycles. The molecule has 176 valence electrons. The normalized spacial score (nSPS) is 17.8. The number of benzene rings is 3. The van der Waals surface area contributed by atoms with Gasteiger partial charge in [-0.2, -0.15) is 0 Å². The predicted octanol–water partition coefficient (Wildman–Crippen LogP) is 3.84. The number of nitrogens with zero attached hydrogens (tertiary/aromatic N) is 1. The van der Waals surface area contributed by atoms with Gasteiger partial charge in [0.1, 0.15) is 11.4 Å². The van der Waals surface area contributed by atoms with E-state index in [1.165, 1.54) is 17.0 Å². The highest BCUT2D eigenvalue weighted by atomic mass is 32.2. The van der Waals surface area contributed by atoms with E-state index < -0.39 is 27.3 Å². The first-order chi connectivity index (χ1) is 16.2. The quantitative estimate of drug-likeness (QED) is 0.557. The minimum atomic E-state index is -4.28. The van der Waals surface area contributed by atoms with Crippen molar-refractivity contribution in [3.63, 3.8) is 0 Å². The van der Waals surface area contributed by atoms with E-state index in [1.807, 2.05) is 65.4 Å². The van der Waals surface area contributed by atoms with Crippen LogP contribution >= 0.6 is 0 Å². The van der Waals surface area contributed by atoms with E-state index in [1.54, 1.807) is 6.92 Å². The number of sulfonamides is 1. The van der Waals surface area contributed by atoms with Gasteiger partial charge in [-0.15, -0.1) is 0 Å². The molecule has 1 N–H and O–H groups in total. The third-order valence-electron chi connectivity index (χ3n) is 6.32. The van der Waals surface area contributed by atoms with E-state index in [4.69, 9.17) is 0 Å². The summed E-state index contributed by atoms with van der Waals surface area (Å²) in [6.07, 6.45) is 0.456. The lowest BCUT2D eigenvalue weighted by atomic mass is 9.83. The molecule has 1 saturated heterocycles. The molecule has 3 aromatic rings. The molecular formula is C26H25FN2O4S. The Hall–Kier alpha value is -3.52. The minimum Gasteiger partial charge on any atom is -0.328 e. The van der Waals surface area contributed by atoms with E-state index in [-0.39, 0.29) is 23.1 Å². The largest absolute Gasteiger partial charge is 0.328 e. The lowest BCUT2D eigenvalue weighted by Gasteiger charge is -2.49. The van der Waals surface area contributed by atoms with Crippen LogP contribution in [0.5, 0.6) is 0 Å². The molecule has 1 aliphatic rings. The molecule has 0 bridgehead atoms. The van der Waals surface area contributed by atoms with Crippen molar-refractivity contribution in [2.75, 3.05) is 6.54 Å². The SMILES string of the molecule is CC1(C(=O)NS(=O)(=O)c2cccc(F)c2)CCN1C(=O)CC(c1ccccc1)c1ccccc1. The van der Waals surface area contributed by atoms with Crippen molar-refractivity contribution in [1.29, 1.82) is 0 Å². The highest BCUT2D eigenvalue weighted by Crippen LogP contribution is 2.35. The highest BCUT2D eigenvalue weighted by molar-refractivity contribution is 7.90. The molecule has 6 nitrogen and oxygen atoms in total. The molecule has 3 aromatic carbocycles. The summed E-state index contributed by atoms with van der Waals surface area (Å²) >= 11 is 0. The van der Waals surface area contributed by atoms with Crippen molar-refractivity contribution in [3.05, 3.63) is 102 Å². The Labute approximate surface area is 198 Å². The van der Waals surface area contributed by atoms with Gasteiger partial charge in [0.15, 0.2) is 0 Å². The van der Waals surface area contributed by atoms with Gasteiger partial charge in [0.2, 0.25) is 5.91 Å². The van der Waals surface area contributed by atoms with Gasteiger partial charge in [-0.1, -0.05) is 66.7 Å². The first-order valence-electron chi connectivity index (χ1n) is 10.9. The second kappa shape index (κ2) is 9.38. The average molecular weight is 481 g/mol. The van der Waals surface area contributed by atoms with Gasteiger partial charge < -0.3 is 4.90 Å². The van der Waals surface area contributed by atoms with E-state index in [2.05, 4.69) is 0 Å². The summed E-state index contributed by atoms with van der Waals surface area (Å²) in [4.78, 5) is 27.4. The summed E-state index contributed by atoms with van der Waals surface area (Å²) in [7, 11) is -4.28. The summed E-state index contributed by atoms with van der Waals surface area (Å²) in [5.41, 5.74) is 0.639. The van der Waals surface area contributed by atoms with Crippen LogP contribution in [0.2, 0.25) is 0 Å². The van der Waals surface area contributed by atoms with Crippen molar-refractivity contribution in [1.82, 2.24) is 9.62 Å². The van der Waals surface area contributed by atoms with Gasteiger partial charge >= 0.3 is 0 Å². The van der Waals surface area contributed by atoms with Crippen LogP contribution in [0, 0.1) is 5.82 Å².